The molecule has 2 amide bonds. The van der Waals surface area contributed by atoms with Gasteiger partial charge in [0.2, 0.25) is 0 Å². The van der Waals surface area contributed by atoms with Crippen LogP contribution in [0.15, 0.2) is 36.5 Å². The van der Waals surface area contributed by atoms with Crippen molar-refractivity contribution >= 4 is 40.6 Å². The largest absolute Gasteiger partial charge is 0.323 e. The number of amides is 2. The van der Waals surface area contributed by atoms with Crippen LogP contribution in [0.4, 0.5) is 16.2 Å². The lowest BCUT2D eigenvalue weighted by molar-refractivity contribution is 0.262. The average molecular weight is 296 g/mol. The molecule has 0 spiro atoms. The van der Waals surface area contributed by atoms with E-state index in [0.29, 0.717) is 21.4 Å². The minimum Gasteiger partial charge on any atom is -0.306 e. The first-order chi connectivity index (χ1) is 9.04. The number of urea groups is 1. The highest BCUT2D eigenvalue weighted by Crippen LogP contribution is 2.25. The lowest BCUT2D eigenvalue weighted by atomic mass is 10.3. The molecule has 2 aromatic rings. The fourth-order valence-electron chi connectivity index (χ4n) is 1.42. The Labute approximate surface area is 120 Å². The molecule has 2 N–H and O–H groups in total. The summed E-state index contributed by atoms with van der Waals surface area (Å²) in [4.78, 5) is 15.9. The summed E-state index contributed by atoms with van der Waals surface area (Å²) in [5.74, 6) is 0. The highest BCUT2D eigenvalue weighted by molar-refractivity contribution is 6.35. The number of rotatable bonds is 2. The molecular weight excluding hydrogens is 285 g/mol. The Morgan fingerprint density at radius 2 is 1.95 bits per heavy atom. The van der Waals surface area contributed by atoms with E-state index in [2.05, 4.69) is 15.6 Å². The number of hydrogen-bond donors (Lipinski definition) is 2. The molecule has 0 saturated carbocycles. The molecule has 0 atom stereocenters. The van der Waals surface area contributed by atoms with Crippen molar-refractivity contribution in [1.29, 1.82) is 0 Å². The summed E-state index contributed by atoms with van der Waals surface area (Å²) in [6.07, 6.45) is 1.58. The van der Waals surface area contributed by atoms with Gasteiger partial charge in [0.25, 0.3) is 0 Å². The smallest absolute Gasteiger partial charge is 0.306 e. The van der Waals surface area contributed by atoms with E-state index in [1.165, 1.54) is 0 Å². The number of aryl methyl sites for hydroxylation is 1. The number of pyridine rings is 1. The highest BCUT2D eigenvalue weighted by atomic mass is 35.5. The van der Waals surface area contributed by atoms with Crippen molar-refractivity contribution in [3.8, 4) is 0 Å². The van der Waals surface area contributed by atoms with E-state index in [9.17, 15) is 4.79 Å². The summed E-state index contributed by atoms with van der Waals surface area (Å²) in [5.41, 5.74) is 1.93. The van der Waals surface area contributed by atoms with E-state index >= 15 is 0 Å². The van der Waals surface area contributed by atoms with Gasteiger partial charge in [0, 0.05) is 10.7 Å². The van der Waals surface area contributed by atoms with Gasteiger partial charge < -0.3 is 10.6 Å². The number of anilines is 2. The number of carbonyl (C=O) groups is 1. The van der Waals surface area contributed by atoms with Crippen LogP contribution in [-0.4, -0.2) is 11.0 Å². The van der Waals surface area contributed by atoms with E-state index < -0.39 is 6.03 Å². The zero-order valence-electron chi connectivity index (χ0n) is 10.1. The number of halogens is 2. The molecule has 6 heteroatoms. The number of aromatic nitrogens is 1. The van der Waals surface area contributed by atoms with Crippen LogP contribution < -0.4 is 10.6 Å². The summed E-state index contributed by atoms with van der Waals surface area (Å²) in [5, 5.41) is 6.19. The Kier molecular flexibility index (Phi) is 4.24. The van der Waals surface area contributed by atoms with Crippen molar-refractivity contribution in [2.24, 2.45) is 0 Å². The second-order valence-corrected chi connectivity index (χ2v) is 4.74. The van der Waals surface area contributed by atoms with Crippen LogP contribution in [0, 0.1) is 6.92 Å². The predicted octanol–water partition coefficient (Wildman–Crippen LogP) is 4.34. The van der Waals surface area contributed by atoms with E-state index in [0.717, 1.165) is 5.69 Å². The van der Waals surface area contributed by atoms with Crippen LogP contribution in [0.1, 0.15) is 5.69 Å². The summed E-state index contributed by atoms with van der Waals surface area (Å²) in [6, 6.07) is 8.01. The molecule has 2 rings (SSSR count). The minimum absolute atomic E-state index is 0.408. The highest BCUT2D eigenvalue weighted by Gasteiger charge is 2.06. The summed E-state index contributed by atoms with van der Waals surface area (Å²) < 4.78 is 0. The molecule has 0 radical (unpaired) electrons. The maximum atomic E-state index is 11.8. The topological polar surface area (TPSA) is 54.0 Å². The summed E-state index contributed by atoms with van der Waals surface area (Å²) >= 11 is 11.8. The van der Waals surface area contributed by atoms with E-state index in [-0.39, 0.29) is 0 Å². The Morgan fingerprint density at radius 1 is 1.16 bits per heavy atom. The normalized spacial score (nSPS) is 10.1. The average Bonchev–Trinajstić information content (AvgIpc) is 2.37. The third-order valence-corrected chi connectivity index (χ3v) is 2.91. The van der Waals surface area contributed by atoms with Gasteiger partial charge >= 0.3 is 6.03 Å². The Hall–Kier alpha value is -1.78. The van der Waals surface area contributed by atoms with Crippen LogP contribution in [0.25, 0.3) is 0 Å². The lowest BCUT2D eigenvalue weighted by Crippen LogP contribution is -2.19. The molecule has 1 heterocycles. The molecule has 19 heavy (non-hydrogen) atoms. The first-order valence-corrected chi connectivity index (χ1v) is 6.26. The summed E-state index contributed by atoms with van der Waals surface area (Å²) in [7, 11) is 0. The molecule has 98 valence electrons. The Bertz CT molecular complexity index is 599. The molecule has 4 nitrogen and oxygen atoms in total. The Morgan fingerprint density at radius 3 is 2.63 bits per heavy atom. The third-order valence-electron chi connectivity index (χ3n) is 2.35. The van der Waals surface area contributed by atoms with Gasteiger partial charge in [-0.1, -0.05) is 23.2 Å². The first-order valence-electron chi connectivity index (χ1n) is 5.50. The van der Waals surface area contributed by atoms with Gasteiger partial charge in [-0.15, -0.1) is 0 Å². The van der Waals surface area contributed by atoms with Gasteiger partial charge in [-0.05, 0) is 37.3 Å². The molecule has 1 aromatic carbocycles. The van der Waals surface area contributed by atoms with Crippen LogP contribution >= 0.6 is 23.2 Å². The first kappa shape index (κ1) is 13.6. The quantitative estimate of drug-likeness (QED) is 0.866. The molecule has 0 fully saturated rings. The van der Waals surface area contributed by atoms with Crippen LogP contribution in [0.2, 0.25) is 10.0 Å². The molecule has 0 aliphatic rings. The maximum Gasteiger partial charge on any atom is 0.323 e. The minimum atomic E-state index is -0.408. The zero-order valence-corrected chi connectivity index (χ0v) is 11.6. The van der Waals surface area contributed by atoms with Gasteiger partial charge in [-0.2, -0.15) is 0 Å². The number of nitrogens with one attached hydrogen (secondary N) is 2. The number of nitrogens with zero attached hydrogens (tertiary/aromatic N) is 1. The molecular formula is C13H11Cl2N3O. The van der Waals surface area contributed by atoms with Crippen LogP contribution in [0.3, 0.4) is 0 Å². The monoisotopic (exact) mass is 295 g/mol. The van der Waals surface area contributed by atoms with Gasteiger partial charge in [0.15, 0.2) is 0 Å². The lowest BCUT2D eigenvalue weighted by Gasteiger charge is -2.09. The van der Waals surface area contributed by atoms with Crippen molar-refractivity contribution in [3.63, 3.8) is 0 Å². The molecule has 0 bridgehead atoms. The van der Waals surface area contributed by atoms with E-state index in [1.54, 1.807) is 30.5 Å². The molecule has 1 aromatic heterocycles. The van der Waals surface area contributed by atoms with Gasteiger partial charge in [0.05, 0.1) is 22.6 Å². The molecule has 0 aliphatic carbocycles. The Balaban J connectivity index is 2.05. The number of carbonyl (C=O) groups excluding carboxylic acids is 1. The molecule has 0 aliphatic heterocycles. The van der Waals surface area contributed by atoms with Gasteiger partial charge in [-0.3, -0.25) is 4.98 Å². The van der Waals surface area contributed by atoms with Gasteiger partial charge in [0.1, 0.15) is 0 Å². The SMILES string of the molecule is Cc1ccc(NC(=O)Nc2cc(Cl)ccc2Cl)cn1. The summed E-state index contributed by atoms with van der Waals surface area (Å²) in [6.45, 7) is 1.87. The fraction of sp³-hybridized carbons (Fsp3) is 0.0769. The second-order valence-electron chi connectivity index (χ2n) is 3.89. The van der Waals surface area contributed by atoms with Crippen molar-refractivity contribution < 1.29 is 4.79 Å². The predicted molar refractivity (Wildman–Crippen MR) is 78.1 cm³/mol. The number of benzene rings is 1. The van der Waals surface area contributed by atoms with Crippen molar-refractivity contribution in [2.75, 3.05) is 10.6 Å². The van der Waals surface area contributed by atoms with Gasteiger partial charge in [-0.25, -0.2) is 4.79 Å². The van der Waals surface area contributed by atoms with Crippen molar-refractivity contribution in [3.05, 3.63) is 52.3 Å². The third kappa shape index (κ3) is 3.84. The van der Waals surface area contributed by atoms with Crippen LogP contribution in [0.5, 0.6) is 0 Å². The molecule has 0 saturated heterocycles. The zero-order chi connectivity index (χ0) is 13.8. The van der Waals surface area contributed by atoms with Crippen molar-refractivity contribution in [1.82, 2.24) is 4.98 Å². The second kappa shape index (κ2) is 5.91. The maximum absolute atomic E-state index is 11.8. The standard InChI is InChI=1S/C13H11Cl2N3O/c1-8-2-4-10(7-16-8)17-13(19)18-12-6-9(14)3-5-11(12)15/h2-7H,1H3,(H2,17,18,19). The van der Waals surface area contributed by atoms with Crippen molar-refractivity contribution in [2.45, 2.75) is 6.92 Å². The van der Waals surface area contributed by atoms with E-state index in [4.69, 9.17) is 23.2 Å². The number of hydrogen-bond acceptors (Lipinski definition) is 2. The molecule has 0 unspecified atom stereocenters. The van der Waals surface area contributed by atoms with Crippen LogP contribution in [-0.2, 0) is 0 Å². The van der Waals surface area contributed by atoms with E-state index in [1.807, 2.05) is 13.0 Å². The fourth-order valence-corrected chi connectivity index (χ4v) is 1.76.